The van der Waals surface area contributed by atoms with E-state index in [4.69, 9.17) is 4.74 Å². The highest BCUT2D eigenvalue weighted by atomic mass is 16.5. The van der Waals surface area contributed by atoms with Crippen LogP contribution in [0, 0.1) is 0 Å². The number of allylic oxidation sites excluding steroid dienone is 1. The molecule has 2 nitrogen and oxygen atoms in total. The van der Waals surface area contributed by atoms with E-state index in [1.54, 1.807) is 0 Å². The van der Waals surface area contributed by atoms with Gasteiger partial charge in [0.25, 0.3) is 0 Å². The van der Waals surface area contributed by atoms with Crippen LogP contribution in [0.15, 0.2) is 29.8 Å². The van der Waals surface area contributed by atoms with E-state index in [1.807, 2.05) is 12.1 Å². The minimum absolute atomic E-state index is 0.353. The third-order valence-electron chi connectivity index (χ3n) is 2.85. The van der Waals surface area contributed by atoms with E-state index in [9.17, 15) is 5.11 Å². The summed E-state index contributed by atoms with van der Waals surface area (Å²) < 4.78 is 5.53. The van der Waals surface area contributed by atoms with E-state index in [2.05, 4.69) is 25.1 Å². The lowest BCUT2D eigenvalue weighted by atomic mass is 10.2. The highest BCUT2D eigenvalue weighted by Gasteiger charge is 2.10. The first kappa shape index (κ1) is 12.2. The predicted octanol–water partition coefficient (Wildman–Crippen LogP) is 3.40. The van der Waals surface area contributed by atoms with Gasteiger partial charge in [-0.3, -0.25) is 0 Å². The third-order valence-corrected chi connectivity index (χ3v) is 2.85. The average molecular weight is 232 g/mol. The predicted molar refractivity (Wildman–Crippen MR) is 70.1 cm³/mol. The molecule has 0 spiro atoms. The maximum atomic E-state index is 9.56. The molecule has 0 heterocycles. The number of ether oxygens (including phenoxy) is 1. The molecule has 17 heavy (non-hydrogen) atoms. The van der Waals surface area contributed by atoms with Crippen molar-refractivity contribution in [1.29, 1.82) is 0 Å². The summed E-state index contributed by atoms with van der Waals surface area (Å²) in [5.74, 6) is 0.832. The molecule has 2 rings (SSSR count). The van der Waals surface area contributed by atoms with E-state index >= 15 is 0 Å². The first-order valence-corrected chi connectivity index (χ1v) is 6.38. The fraction of sp³-hybridized carbons (Fsp3) is 0.467. The van der Waals surface area contributed by atoms with Gasteiger partial charge in [-0.2, -0.15) is 0 Å². The van der Waals surface area contributed by atoms with Gasteiger partial charge in [-0.25, -0.2) is 0 Å². The molecule has 2 heteroatoms. The Hall–Kier alpha value is -1.28. The molecule has 1 N–H and O–H groups in total. The van der Waals surface area contributed by atoms with Gasteiger partial charge in [0.2, 0.25) is 0 Å². The number of hydrogen-bond donors (Lipinski definition) is 1. The quantitative estimate of drug-likeness (QED) is 0.814. The van der Waals surface area contributed by atoms with Crippen molar-refractivity contribution >= 4 is 6.08 Å². The summed E-state index contributed by atoms with van der Waals surface area (Å²) in [6, 6.07) is 8.06. The molecule has 1 saturated carbocycles. The SMILES string of the molecule is CCCC(O)COc1ccc(C=C2CC2)cc1. The summed E-state index contributed by atoms with van der Waals surface area (Å²) in [4.78, 5) is 0. The zero-order valence-electron chi connectivity index (χ0n) is 10.4. The molecule has 1 aliphatic carbocycles. The second-order valence-electron chi connectivity index (χ2n) is 4.63. The minimum Gasteiger partial charge on any atom is -0.491 e. The Labute approximate surface area is 103 Å². The summed E-state index contributed by atoms with van der Waals surface area (Å²) in [6.07, 6.45) is 6.16. The molecule has 0 amide bonds. The Kier molecular flexibility index (Phi) is 4.21. The van der Waals surface area contributed by atoms with Crippen LogP contribution in [0.25, 0.3) is 6.08 Å². The van der Waals surface area contributed by atoms with Crippen molar-refractivity contribution in [3.05, 3.63) is 35.4 Å². The molecule has 92 valence electrons. The summed E-state index contributed by atoms with van der Waals surface area (Å²) in [6.45, 7) is 2.44. The largest absolute Gasteiger partial charge is 0.491 e. The van der Waals surface area contributed by atoms with Crippen LogP contribution >= 0.6 is 0 Å². The van der Waals surface area contributed by atoms with Crippen LogP contribution in [0.2, 0.25) is 0 Å². The molecule has 1 unspecified atom stereocenters. The second-order valence-corrected chi connectivity index (χ2v) is 4.63. The lowest BCUT2D eigenvalue weighted by Crippen LogP contribution is -2.16. The molecule has 0 aliphatic heterocycles. The molecule has 1 aliphatic rings. The molecular weight excluding hydrogens is 212 g/mol. The molecule has 0 bridgehead atoms. The second kappa shape index (κ2) is 5.87. The summed E-state index contributed by atoms with van der Waals surface area (Å²) in [5.41, 5.74) is 2.76. The molecule has 0 saturated heterocycles. The highest BCUT2D eigenvalue weighted by Crippen LogP contribution is 2.30. The Morgan fingerprint density at radius 3 is 2.59 bits per heavy atom. The van der Waals surface area contributed by atoms with Crippen LogP contribution in [-0.4, -0.2) is 17.8 Å². The standard InChI is InChI=1S/C15H20O2/c1-2-3-14(16)11-17-15-8-6-13(7-9-15)10-12-4-5-12/h6-10,14,16H,2-5,11H2,1H3. The van der Waals surface area contributed by atoms with E-state index in [0.717, 1.165) is 18.6 Å². The molecule has 1 aromatic carbocycles. The van der Waals surface area contributed by atoms with E-state index in [-0.39, 0.29) is 6.10 Å². The first-order valence-electron chi connectivity index (χ1n) is 6.38. The summed E-state index contributed by atoms with van der Waals surface area (Å²) in [7, 11) is 0. The average Bonchev–Trinajstić information content (AvgIpc) is 3.13. The molecule has 1 atom stereocenters. The molecule has 0 radical (unpaired) electrons. The van der Waals surface area contributed by atoms with E-state index in [0.29, 0.717) is 6.61 Å². The fourth-order valence-corrected chi connectivity index (χ4v) is 1.72. The van der Waals surface area contributed by atoms with Crippen LogP contribution in [0.1, 0.15) is 38.2 Å². The van der Waals surface area contributed by atoms with E-state index < -0.39 is 0 Å². The van der Waals surface area contributed by atoms with Crippen molar-refractivity contribution in [3.63, 3.8) is 0 Å². The Morgan fingerprint density at radius 2 is 2.00 bits per heavy atom. The normalized spacial score (nSPS) is 15.5. The zero-order chi connectivity index (χ0) is 12.1. The number of benzene rings is 1. The van der Waals surface area contributed by atoms with Gasteiger partial charge >= 0.3 is 0 Å². The molecule has 1 fully saturated rings. The van der Waals surface area contributed by atoms with E-state index in [1.165, 1.54) is 24.0 Å². The zero-order valence-corrected chi connectivity index (χ0v) is 10.4. The summed E-state index contributed by atoms with van der Waals surface area (Å²) in [5, 5.41) is 9.56. The number of hydrogen-bond acceptors (Lipinski definition) is 2. The molecule has 1 aromatic rings. The number of aliphatic hydroxyl groups excluding tert-OH is 1. The van der Waals surface area contributed by atoms with Gasteiger partial charge in [-0.05, 0) is 37.0 Å². The van der Waals surface area contributed by atoms with Crippen molar-refractivity contribution in [2.24, 2.45) is 0 Å². The van der Waals surface area contributed by atoms with Gasteiger partial charge in [0.15, 0.2) is 0 Å². The first-order chi connectivity index (χ1) is 8.28. The third kappa shape index (κ3) is 4.23. The highest BCUT2D eigenvalue weighted by molar-refractivity contribution is 5.57. The van der Waals surface area contributed by atoms with Crippen molar-refractivity contribution in [1.82, 2.24) is 0 Å². The molecular formula is C15H20O2. The lowest BCUT2D eigenvalue weighted by Gasteiger charge is -2.11. The topological polar surface area (TPSA) is 29.5 Å². The number of rotatable bonds is 6. The Balaban J connectivity index is 1.83. The van der Waals surface area contributed by atoms with Crippen molar-refractivity contribution < 1.29 is 9.84 Å². The van der Waals surface area contributed by atoms with Gasteiger partial charge in [-0.15, -0.1) is 0 Å². The maximum Gasteiger partial charge on any atom is 0.119 e. The van der Waals surface area contributed by atoms with Gasteiger partial charge in [0.05, 0.1) is 6.10 Å². The minimum atomic E-state index is -0.353. The lowest BCUT2D eigenvalue weighted by molar-refractivity contribution is 0.0993. The van der Waals surface area contributed by atoms with Gasteiger partial charge in [0, 0.05) is 0 Å². The van der Waals surface area contributed by atoms with Gasteiger partial charge in [-0.1, -0.05) is 37.1 Å². The van der Waals surface area contributed by atoms with Crippen molar-refractivity contribution in [3.8, 4) is 5.75 Å². The monoisotopic (exact) mass is 232 g/mol. The maximum absolute atomic E-state index is 9.56. The number of aliphatic hydroxyl groups is 1. The fourth-order valence-electron chi connectivity index (χ4n) is 1.72. The van der Waals surface area contributed by atoms with Crippen molar-refractivity contribution in [2.75, 3.05) is 6.61 Å². The van der Waals surface area contributed by atoms with Crippen LogP contribution in [0.4, 0.5) is 0 Å². The Bertz CT molecular complexity index is 372. The molecule has 0 aromatic heterocycles. The van der Waals surface area contributed by atoms with Crippen LogP contribution in [0.5, 0.6) is 5.75 Å². The van der Waals surface area contributed by atoms with Crippen LogP contribution < -0.4 is 4.74 Å². The van der Waals surface area contributed by atoms with Crippen LogP contribution in [-0.2, 0) is 0 Å². The Morgan fingerprint density at radius 1 is 1.29 bits per heavy atom. The van der Waals surface area contributed by atoms with Crippen LogP contribution in [0.3, 0.4) is 0 Å². The van der Waals surface area contributed by atoms with Gasteiger partial charge in [0.1, 0.15) is 12.4 Å². The van der Waals surface area contributed by atoms with Crippen molar-refractivity contribution in [2.45, 2.75) is 38.7 Å². The smallest absolute Gasteiger partial charge is 0.119 e. The van der Waals surface area contributed by atoms with Gasteiger partial charge < -0.3 is 9.84 Å². The summed E-state index contributed by atoms with van der Waals surface area (Å²) >= 11 is 0.